The lowest BCUT2D eigenvalue weighted by Gasteiger charge is -2.28. The van der Waals surface area contributed by atoms with Crippen LogP contribution in [0.25, 0.3) is 11.0 Å². The van der Waals surface area contributed by atoms with E-state index in [1.165, 1.54) is 35.4 Å². The van der Waals surface area contributed by atoms with Gasteiger partial charge in [-0.05, 0) is 47.9 Å². The molecule has 1 aromatic heterocycles. The van der Waals surface area contributed by atoms with Crippen LogP contribution in [0.2, 0.25) is 0 Å². The van der Waals surface area contributed by atoms with Crippen molar-refractivity contribution >= 4 is 26.9 Å². The number of benzene rings is 3. The third-order valence-corrected chi connectivity index (χ3v) is 7.84. The van der Waals surface area contributed by atoms with Crippen LogP contribution in [0.5, 0.6) is 0 Å². The maximum absolute atomic E-state index is 13.7. The minimum atomic E-state index is -3.96. The SMILES string of the molecule is CC(C)CN(CC(=O)N(Cc1ccc(F)cc1)Cc1coc2ccccc2c1=O)S(=O)(=O)c1ccccc1. The molecule has 198 valence electrons. The summed E-state index contributed by atoms with van der Waals surface area (Å²) in [6.07, 6.45) is 1.32. The minimum absolute atomic E-state index is 0.0423. The molecular formula is C29H29FN2O5S. The lowest BCUT2D eigenvalue weighted by Crippen LogP contribution is -2.44. The third-order valence-electron chi connectivity index (χ3n) is 6.01. The summed E-state index contributed by atoms with van der Waals surface area (Å²) in [5.41, 5.74) is 1.03. The van der Waals surface area contributed by atoms with Crippen molar-refractivity contribution in [2.24, 2.45) is 5.92 Å². The van der Waals surface area contributed by atoms with Gasteiger partial charge in [-0.25, -0.2) is 12.8 Å². The van der Waals surface area contributed by atoms with Gasteiger partial charge in [-0.1, -0.05) is 56.3 Å². The molecule has 0 saturated heterocycles. The van der Waals surface area contributed by atoms with Crippen molar-refractivity contribution in [3.63, 3.8) is 0 Å². The monoisotopic (exact) mass is 536 g/mol. The summed E-state index contributed by atoms with van der Waals surface area (Å²) in [4.78, 5) is 28.3. The third kappa shape index (κ3) is 6.35. The minimum Gasteiger partial charge on any atom is -0.464 e. The van der Waals surface area contributed by atoms with Crippen LogP contribution in [0.15, 0.2) is 99.2 Å². The molecule has 0 atom stereocenters. The Morgan fingerprint density at radius 3 is 2.26 bits per heavy atom. The maximum atomic E-state index is 13.7. The van der Waals surface area contributed by atoms with Crippen LogP contribution < -0.4 is 5.43 Å². The van der Waals surface area contributed by atoms with Crippen molar-refractivity contribution in [3.05, 3.63) is 112 Å². The Labute approximate surface area is 221 Å². The van der Waals surface area contributed by atoms with Gasteiger partial charge >= 0.3 is 0 Å². The summed E-state index contributed by atoms with van der Waals surface area (Å²) in [5.74, 6) is -0.958. The molecule has 0 saturated carbocycles. The molecule has 0 N–H and O–H groups in total. The number of hydrogen-bond donors (Lipinski definition) is 0. The Morgan fingerprint density at radius 1 is 0.921 bits per heavy atom. The number of rotatable bonds is 10. The molecule has 0 unspecified atom stereocenters. The van der Waals surface area contributed by atoms with Crippen LogP contribution in [0.4, 0.5) is 4.39 Å². The molecular weight excluding hydrogens is 507 g/mol. The molecule has 0 spiro atoms. The van der Waals surface area contributed by atoms with Gasteiger partial charge in [0.25, 0.3) is 0 Å². The lowest BCUT2D eigenvalue weighted by atomic mass is 10.1. The second kappa shape index (κ2) is 11.7. The molecule has 3 aromatic carbocycles. The van der Waals surface area contributed by atoms with Crippen LogP contribution >= 0.6 is 0 Å². The predicted molar refractivity (Wildman–Crippen MR) is 143 cm³/mol. The fourth-order valence-corrected chi connectivity index (χ4v) is 5.70. The zero-order valence-corrected chi connectivity index (χ0v) is 22.0. The number of para-hydroxylation sites is 1. The molecule has 9 heteroatoms. The van der Waals surface area contributed by atoms with Gasteiger partial charge in [-0.3, -0.25) is 9.59 Å². The standard InChI is InChI=1S/C29H29FN2O5S/c1-21(2)16-32(38(35,36)25-8-4-3-5-9-25)19-28(33)31(17-22-12-14-24(30)15-13-22)18-23-20-37-27-11-7-6-10-26(27)29(23)34/h3-15,20-21H,16-19H2,1-2H3. The zero-order chi connectivity index (χ0) is 27.3. The van der Waals surface area contributed by atoms with Gasteiger partial charge in [0.2, 0.25) is 15.9 Å². The fraction of sp³-hybridized carbons (Fsp3) is 0.241. The molecule has 4 rings (SSSR count). The van der Waals surface area contributed by atoms with E-state index in [-0.39, 0.29) is 41.4 Å². The van der Waals surface area contributed by atoms with E-state index in [1.807, 2.05) is 13.8 Å². The topological polar surface area (TPSA) is 87.9 Å². The van der Waals surface area contributed by atoms with Gasteiger partial charge in [0, 0.05) is 13.1 Å². The van der Waals surface area contributed by atoms with E-state index in [0.717, 1.165) is 4.31 Å². The largest absolute Gasteiger partial charge is 0.464 e. The Balaban J connectivity index is 1.68. The molecule has 1 heterocycles. The van der Waals surface area contributed by atoms with Gasteiger partial charge in [0.05, 0.1) is 35.2 Å². The molecule has 0 aliphatic carbocycles. The highest BCUT2D eigenvalue weighted by atomic mass is 32.2. The van der Waals surface area contributed by atoms with E-state index in [2.05, 4.69) is 0 Å². The molecule has 1 amide bonds. The number of fused-ring (bicyclic) bond motifs is 1. The number of halogens is 1. The summed E-state index contributed by atoms with van der Waals surface area (Å²) in [6.45, 7) is 3.39. The van der Waals surface area contributed by atoms with Crippen molar-refractivity contribution in [1.29, 1.82) is 0 Å². The highest BCUT2D eigenvalue weighted by Crippen LogP contribution is 2.19. The summed E-state index contributed by atoms with van der Waals surface area (Å²) in [5, 5.41) is 0.382. The first-order chi connectivity index (χ1) is 18.1. The molecule has 0 bridgehead atoms. The van der Waals surface area contributed by atoms with E-state index < -0.39 is 28.3 Å². The van der Waals surface area contributed by atoms with Crippen LogP contribution in [0.1, 0.15) is 25.0 Å². The first-order valence-corrected chi connectivity index (χ1v) is 13.7. The highest BCUT2D eigenvalue weighted by molar-refractivity contribution is 7.89. The van der Waals surface area contributed by atoms with Crippen LogP contribution in [0, 0.1) is 11.7 Å². The molecule has 7 nitrogen and oxygen atoms in total. The summed E-state index contributed by atoms with van der Waals surface area (Å²) < 4.78 is 47.2. The normalized spacial score (nSPS) is 11.8. The molecule has 0 fully saturated rings. The second-order valence-corrected chi connectivity index (χ2v) is 11.4. The van der Waals surface area contributed by atoms with E-state index in [1.54, 1.807) is 54.6 Å². The number of nitrogens with zero attached hydrogens (tertiary/aromatic N) is 2. The van der Waals surface area contributed by atoms with Crippen molar-refractivity contribution in [2.75, 3.05) is 13.1 Å². The Bertz CT molecular complexity index is 1570. The van der Waals surface area contributed by atoms with Gasteiger partial charge in [0.1, 0.15) is 11.4 Å². The number of carbonyl (C=O) groups excluding carboxylic acids is 1. The Hall–Kier alpha value is -3.82. The molecule has 0 aliphatic heterocycles. The van der Waals surface area contributed by atoms with Gasteiger partial charge in [0.15, 0.2) is 5.43 Å². The average Bonchev–Trinajstić information content (AvgIpc) is 2.91. The molecule has 0 radical (unpaired) electrons. The van der Waals surface area contributed by atoms with E-state index in [4.69, 9.17) is 4.42 Å². The first kappa shape index (κ1) is 27.2. The summed E-state index contributed by atoms with van der Waals surface area (Å²) in [7, 11) is -3.96. The maximum Gasteiger partial charge on any atom is 0.243 e. The van der Waals surface area contributed by atoms with Crippen LogP contribution in [-0.2, 0) is 27.9 Å². The van der Waals surface area contributed by atoms with E-state index in [9.17, 15) is 22.4 Å². The van der Waals surface area contributed by atoms with Crippen molar-refractivity contribution < 1.29 is 22.0 Å². The second-order valence-electron chi connectivity index (χ2n) is 9.47. The quantitative estimate of drug-likeness (QED) is 0.290. The smallest absolute Gasteiger partial charge is 0.243 e. The molecule has 0 aliphatic rings. The first-order valence-electron chi connectivity index (χ1n) is 12.2. The van der Waals surface area contributed by atoms with Gasteiger partial charge in [-0.15, -0.1) is 0 Å². The molecule has 38 heavy (non-hydrogen) atoms. The summed E-state index contributed by atoms with van der Waals surface area (Å²) in [6, 6.07) is 20.4. The van der Waals surface area contributed by atoms with Crippen LogP contribution in [0.3, 0.4) is 0 Å². The fourth-order valence-electron chi connectivity index (χ4n) is 4.12. The van der Waals surface area contributed by atoms with Gasteiger partial charge < -0.3 is 9.32 Å². The average molecular weight is 537 g/mol. The number of sulfonamides is 1. The predicted octanol–water partition coefficient (Wildman–Crippen LogP) is 4.81. The molecule has 4 aromatic rings. The van der Waals surface area contributed by atoms with Crippen LogP contribution in [-0.4, -0.2) is 36.6 Å². The number of amides is 1. The van der Waals surface area contributed by atoms with Crippen molar-refractivity contribution in [2.45, 2.75) is 31.8 Å². The van der Waals surface area contributed by atoms with E-state index in [0.29, 0.717) is 16.5 Å². The lowest BCUT2D eigenvalue weighted by molar-refractivity contribution is -0.132. The van der Waals surface area contributed by atoms with Crippen molar-refractivity contribution in [3.8, 4) is 0 Å². The van der Waals surface area contributed by atoms with E-state index >= 15 is 0 Å². The number of carbonyl (C=O) groups is 1. The van der Waals surface area contributed by atoms with Crippen molar-refractivity contribution in [1.82, 2.24) is 9.21 Å². The Morgan fingerprint density at radius 2 is 1.58 bits per heavy atom. The van der Waals surface area contributed by atoms with Gasteiger partial charge in [-0.2, -0.15) is 4.31 Å². The zero-order valence-electron chi connectivity index (χ0n) is 21.2. The number of hydrogen-bond acceptors (Lipinski definition) is 5. The highest BCUT2D eigenvalue weighted by Gasteiger charge is 2.29. The summed E-state index contributed by atoms with van der Waals surface area (Å²) >= 11 is 0. The Kier molecular flexibility index (Phi) is 8.38.